The zero-order valence-electron chi connectivity index (χ0n) is 9.67. The first-order valence-electron chi connectivity index (χ1n) is 5.73. The second-order valence-corrected chi connectivity index (χ2v) is 4.10. The van der Waals surface area contributed by atoms with Gasteiger partial charge in [0.2, 0.25) is 0 Å². The monoisotopic (exact) mass is 261 g/mol. The molecule has 6 heteroatoms. The van der Waals surface area contributed by atoms with E-state index in [4.69, 9.17) is 4.74 Å². The summed E-state index contributed by atoms with van der Waals surface area (Å²) in [6.45, 7) is 1.43. The fraction of sp³-hybridized carbons (Fsp3) is 0.500. The van der Waals surface area contributed by atoms with Crippen LogP contribution in [0.3, 0.4) is 0 Å². The van der Waals surface area contributed by atoms with E-state index in [2.05, 4.69) is 10.1 Å². The van der Waals surface area contributed by atoms with Crippen molar-refractivity contribution in [2.24, 2.45) is 0 Å². The molecule has 1 N–H and O–H groups in total. The second kappa shape index (κ2) is 5.48. The number of anilines is 1. The number of halogens is 3. The molecule has 0 spiro atoms. The van der Waals surface area contributed by atoms with E-state index in [0.29, 0.717) is 19.3 Å². The van der Waals surface area contributed by atoms with Gasteiger partial charge in [-0.3, -0.25) is 0 Å². The molecule has 0 unspecified atom stereocenters. The predicted molar refractivity (Wildman–Crippen MR) is 60.6 cm³/mol. The summed E-state index contributed by atoms with van der Waals surface area (Å²) in [5.41, 5.74) is 0.788. The first-order chi connectivity index (χ1) is 8.53. The lowest BCUT2D eigenvalue weighted by Crippen LogP contribution is -2.27. The van der Waals surface area contributed by atoms with Crippen molar-refractivity contribution >= 4 is 5.69 Å². The Bertz CT molecular complexity index is 372. The van der Waals surface area contributed by atoms with Crippen LogP contribution in [0, 0.1) is 0 Å². The smallest absolute Gasteiger partial charge is 0.406 e. The molecular formula is C12H14F3NO2. The Morgan fingerprint density at radius 1 is 1.11 bits per heavy atom. The van der Waals surface area contributed by atoms with Crippen LogP contribution >= 0.6 is 0 Å². The number of rotatable bonds is 3. The van der Waals surface area contributed by atoms with E-state index in [1.807, 2.05) is 0 Å². The van der Waals surface area contributed by atoms with Crippen LogP contribution in [0.25, 0.3) is 0 Å². The van der Waals surface area contributed by atoms with Gasteiger partial charge in [-0.1, -0.05) is 0 Å². The van der Waals surface area contributed by atoms with Gasteiger partial charge in [0.15, 0.2) is 0 Å². The van der Waals surface area contributed by atoms with Crippen LogP contribution in [-0.2, 0) is 4.74 Å². The van der Waals surface area contributed by atoms with Crippen molar-refractivity contribution in [2.75, 3.05) is 18.5 Å². The summed E-state index contributed by atoms with van der Waals surface area (Å²) in [4.78, 5) is 0. The summed E-state index contributed by atoms with van der Waals surface area (Å²) < 4.78 is 44.9. The van der Waals surface area contributed by atoms with Crippen LogP contribution in [0.15, 0.2) is 24.3 Å². The van der Waals surface area contributed by atoms with Crippen LogP contribution < -0.4 is 10.1 Å². The summed E-state index contributed by atoms with van der Waals surface area (Å²) in [5.74, 6) is -0.208. The van der Waals surface area contributed by atoms with Crippen LogP contribution in [0.4, 0.5) is 18.9 Å². The molecule has 3 nitrogen and oxygen atoms in total. The van der Waals surface area contributed by atoms with Crippen molar-refractivity contribution in [2.45, 2.75) is 25.2 Å². The highest BCUT2D eigenvalue weighted by molar-refractivity contribution is 5.47. The number of hydrogen-bond acceptors (Lipinski definition) is 3. The van der Waals surface area contributed by atoms with Gasteiger partial charge in [0.1, 0.15) is 5.75 Å². The molecule has 1 saturated heterocycles. The van der Waals surface area contributed by atoms with Crippen molar-refractivity contribution in [3.8, 4) is 5.75 Å². The Balaban J connectivity index is 1.90. The second-order valence-electron chi connectivity index (χ2n) is 4.10. The van der Waals surface area contributed by atoms with Crippen molar-refractivity contribution in [3.63, 3.8) is 0 Å². The zero-order chi connectivity index (χ0) is 13.0. The number of benzene rings is 1. The first kappa shape index (κ1) is 13.0. The average molecular weight is 261 g/mol. The topological polar surface area (TPSA) is 30.5 Å². The molecular weight excluding hydrogens is 247 g/mol. The SMILES string of the molecule is FC(F)(F)Oc1ccc(NC2CCOCC2)cc1. The lowest BCUT2D eigenvalue weighted by molar-refractivity contribution is -0.274. The standard InChI is InChI=1S/C12H14F3NO2/c13-12(14,15)18-11-3-1-9(2-4-11)16-10-5-7-17-8-6-10/h1-4,10,16H,5-8H2. The molecule has 0 amide bonds. The zero-order valence-corrected chi connectivity index (χ0v) is 9.67. The van der Waals surface area contributed by atoms with Gasteiger partial charge in [-0.25, -0.2) is 0 Å². The van der Waals surface area contributed by atoms with Crippen molar-refractivity contribution in [3.05, 3.63) is 24.3 Å². The summed E-state index contributed by atoms with van der Waals surface area (Å²) >= 11 is 0. The molecule has 0 aromatic heterocycles. The van der Waals surface area contributed by atoms with Crippen molar-refractivity contribution in [1.82, 2.24) is 0 Å². The van der Waals surface area contributed by atoms with Gasteiger partial charge in [-0.15, -0.1) is 13.2 Å². The summed E-state index contributed by atoms with van der Waals surface area (Å²) in [5, 5.41) is 3.25. The average Bonchev–Trinajstić information content (AvgIpc) is 2.31. The van der Waals surface area contributed by atoms with E-state index >= 15 is 0 Å². The van der Waals surface area contributed by atoms with Crippen molar-refractivity contribution in [1.29, 1.82) is 0 Å². The van der Waals surface area contributed by atoms with E-state index in [1.165, 1.54) is 12.1 Å². The molecule has 18 heavy (non-hydrogen) atoms. The lowest BCUT2D eigenvalue weighted by atomic mass is 10.1. The highest BCUT2D eigenvalue weighted by Gasteiger charge is 2.30. The molecule has 1 aromatic carbocycles. The van der Waals surface area contributed by atoms with Gasteiger partial charge < -0.3 is 14.8 Å². The molecule has 2 rings (SSSR count). The van der Waals surface area contributed by atoms with Gasteiger partial charge in [0, 0.05) is 24.9 Å². The predicted octanol–water partition coefficient (Wildman–Crippen LogP) is 3.18. The molecule has 1 aliphatic rings. The number of alkyl halides is 3. The van der Waals surface area contributed by atoms with E-state index < -0.39 is 6.36 Å². The van der Waals surface area contributed by atoms with Gasteiger partial charge in [-0.05, 0) is 37.1 Å². The van der Waals surface area contributed by atoms with Crippen LogP contribution in [0.5, 0.6) is 5.75 Å². The summed E-state index contributed by atoms with van der Waals surface area (Å²) in [7, 11) is 0. The minimum atomic E-state index is -4.64. The van der Waals surface area contributed by atoms with Gasteiger partial charge in [-0.2, -0.15) is 0 Å². The number of hydrogen-bond donors (Lipinski definition) is 1. The van der Waals surface area contributed by atoms with Gasteiger partial charge >= 0.3 is 6.36 Å². The quantitative estimate of drug-likeness (QED) is 0.906. The van der Waals surface area contributed by atoms with E-state index in [1.54, 1.807) is 12.1 Å². The molecule has 1 fully saturated rings. The number of ether oxygens (including phenoxy) is 2. The third-order valence-electron chi connectivity index (χ3n) is 2.68. The Morgan fingerprint density at radius 3 is 2.28 bits per heavy atom. The first-order valence-corrected chi connectivity index (χ1v) is 5.73. The highest BCUT2D eigenvalue weighted by Crippen LogP contribution is 2.24. The minimum Gasteiger partial charge on any atom is -0.406 e. The molecule has 0 atom stereocenters. The van der Waals surface area contributed by atoms with Crippen LogP contribution in [0.2, 0.25) is 0 Å². The Kier molecular flexibility index (Phi) is 3.96. The Hall–Kier alpha value is -1.43. The summed E-state index contributed by atoms with van der Waals surface area (Å²) in [6.07, 6.45) is -2.84. The molecule has 0 bridgehead atoms. The Morgan fingerprint density at radius 2 is 1.72 bits per heavy atom. The minimum absolute atomic E-state index is 0.208. The molecule has 1 heterocycles. The van der Waals surface area contributed by atoms with Gasteiger partial charge in [0.05, 0.1) is 0 Å². The van der Waals surface area contributed by atoms with Crippen molar-refractivity contribution < 1.29 is 22.6 Å². The molecule has 0 saturated carbocycles. The lowest BCUT2D eigenvalue weighted by Gasteiger charge is -2.24. The third-order valence-corrected chi connectivity index (χ3v) is 2.68. The normalized spacial score (nSPS) is 17.5. The van der Waals surface area contributed by atoms with E-state index in [9.17, 15) is 13.2 Å². The highest BCUT2D eigenvalue weighted by atomic mass is 19.4. The van der Waals surface area contributed by atoms with Crippen LogP contribution in [-0.4, -0.2) is 25.6 Å². The maximum atomic E-state index is 12.0. The van der Waals surface area contributed by atoms with Crippen LogP contribution in [0.1, 0.15) is 12.8 Å². The molecule has 1 aliphatic heterocycles. The fourth-order valence-corrected chi connectivity index (χ4v) is 1.83. The molecule has 1 aromatic rings. The van der Waals surface area contributed by atoms with E-state index in [0.717, 1.165) is 18.5 Å². The molecule has 0 radical (unpaired) electrons. The fourth-order valence-electron chi connectivity index (χ4n) is 1.83. The maximum Gasteiger partial charge on any atom is 0.573 e. The Labute approximate surface area is 103 Å². The summed E-state index contributed by atoms with van der Waals surface area (Å²) in [6, 6.07) is 6.07. The number of nitrogens with one attached hydrogen (secondary N) is 1. The molecule has 0 aliphatic carbocycles. The third kappa shape index (κ3) is 4.10. The van der Waals surface area contributed by atoms with E-state index in [-0.39, 0.29) is 5.75 Å². The van der Waals surface area contributed by atoms with Gasteiger partial charge in [0.25, 0.3) is 0 Å². The molecule has 100 valence electrons. The maximum absolute atomic E-state index is 12.0. The largest absolute Gasteiger partial charge is 0.573 e.